The van der Waals surface area contributed by atoms with Crippen LogP contribution in [0.5, 0.6) is 11.5 Å². The Kier molecular flexibility index (Phi) is 3.57. The van der Waals surface area contributed by atoms with Gasteiger partial charge in [-0.2, -0.15) is 0 Å². The Bertz CT molecular complexity index is 472. The molecular weight excluding hydrogens is 240 g/mol. The highest BCUT2D eigenvalue weighted by atomic mass is 32.1. The van der Waals surface area contributed by atoms with Crippen molar-refractivity contribution in [3.63, 3.8) is 0 Å². The lowest BCUT2D eigenvalue weighted by Crippen LogP contribution is -2.52. The molecule has 0 bridgehead atoms. The van der Waals surface area contributed by atoms with E-state index in [1.165, 1.54) is 18.2 Å². The van der Waals surface area contributed by atoms with E-state index in [1.54, 1.807) is 13.8 Å². The number of phenols is 2. The van der Waals surface area contributed by atoms with Crippen LogP contribution >= 0.6 is 12.2 Å². The number of rotatable bonds is 3. The van der Waals surface area contributed by atoms with Crippen molar-refractivity contribution in [3.8, 4) is 11.5 Å². The van der Waals surface area contributed by atoms with Gasteiger partial charge in [-0.1, -0.05) is 12.2 Å². The Hall–Kier alpha value is -1.82. The number of hydrogen-bond acceptors (Lipinski definition) is 4. The van der Waals surface area contributed by atoms with E-state index in [-0.39, 0.29) is 22.1 Å². The van der Waals surface area contributed by atoms with Crippen molar-refractivity contribution in [1.29, 1.82) is 0 Å². The molecule has 0 aliphatic heterocycles. The molecule has 17 heavy (non-hydrogen) atoms. The number of phenolic OH excluding ortho intramolecular Hbond substituents is 2. The fourth-order valence-corrected chi connectivity index (χ4v) is 1.13. The molecule has 0 aromatic heterocycles. The van der Waals surface area contributed by atoms with E-state index in [0.717, 1.165) is 0 Å². The van der Waals surface area contributed by atoms with Crippen LogP contribution < -0.4 is 11.1 Å². The Morgan fingerprint density at radius 2 is 1.94 bits per heavy atom. The monoisotopic (exact) mass is 254 g/mol. The molecule has 1 amide bonds. The largest absolute Gasteiger partial charge is 0.504 e. The molecular formula is C11H14N2O3S. The Balaban J connectivity index is 2.91. The van der Waals surface area contributed by atoms with E-state index in [9.17, 15) is 9.90 Å². The summed E-state index contributed by atoms with van der Waals surface area (Å²) in [5, 5.41) is 21.0. The van der Waals surface area contributed by atoms with Crippen LogP contribution in [0.2, 0.25) is 0 Å². The van der Waals surface area contributed by atoms with Crippen molar-refractivity contribution >= 4 is 23.1 Å². The third-order valence-electron chi connectivity index (χ3n) is 2.28. The molecule has 0 atom stereocenters. The van der Waals surface area contributed by atoms with Gasteiger partial charge in [0.1, 0.15) is 0 Å². The zero-order chi connectivity index (χ0) is 13.2. The fourth-order valence-electron chi connectivity index (χ4n) is 1.08. The SMILES string of the molecule is CC(C)(NC(=O)c1ccc(O)c(O)c1)C(N)=S. The third kappa shape index (κ3) is 3.07. The third-order valence-corrected chi connectivity index (χ3v) is 2.79. The minimum absolute atomic E-state index is 0.161. The van der Waals surface area contributed by atoms with Gasteiger partial charge in [-0.15, -0.1) is 0 Å². The average Bonchev–Trinajstić information content (AvgIpc) is 2.21. The van der Waals surface area contributed by atoms with Gasteiger partial charge in [0, 0.05) is 5.56 Å². The maximum atomic E-state index is 11.8. The molecule has 6 heteroatoms. The first-order chi connectivity index (χ1) is 7.74. The molecule has 92 valence electrons. The molecule has 1 aromatic carbocycles. The lowest BCUT2D eigenvalue weighted by molar-refractivity contribution is 0.0932. The topological polar surface area (TPSA) is 95.6 Å². The maximum Gasteiger partial charge on any atom is 0.252 e. The van der Waals surface area contributed by atoms with Crippen molar-refractivity contribution in [2.45, 2.75) is 19.4 Å². The van der Waals surface area contributed by atoms with Crippen LogP contribution in [0.4, 0.5) is 0 Å². The summed E-state index contributed by atoms with van der Waals surface area (Å²) in [7, 11) is 0. The van der Waals surface area contributed by atoms with E-state index in [1.807, 2.05) is 0 Å². The van der Waals surface area contributed by atoms with E-state index in [4.69, 9.17) is 23.1 Å². The number of hydrogen-bond donors (Lipinski definition) is 4. The molecule has 5 N–H and O–H groups in total. The molecule has 5 nitrogen and oxygen atoms in total. The molecule has 0 aliphatic carbocycles. The summed E-state index contributed by atoms with van der Waals surface area (Å²) in [6.45, 7) is 3.35. The minimum Gasteiger partial charge on any atom is -0.504 e. The molecule has 0 unspecified atom stereocenters. The highest BCUT2D eigenvalue weighted by molar-refractivity contribution is 7.80. The highest BCUT2D eigenvalue weighted by Crippen LogP contribution is 2.24. The van der Waals surface area contributed by atoms with Crippen LogP contribution in [-0.4, -0.2) is 26.6 Å². The summed E-state index contributed by atoms with van der Waals surface area (Å²) < 4.78 is 0. The van der Waals surface area contributed by atoms with Gasteiger partial charge in [0.2, 0.25) is 0 Å². The Morgan fingerprint density at radius 3 is 2.41 bits per heavy atom. The van der Waals surface area contributed by atoms with Gasteiger partial charge in [0.15, 0.2) is 11.5 Å². The van der Waals surface area contributed by atoms with Crippen LogP contribution in [0.3, 0.4) is 0 Å². The lowest BCUT2D eigenvalue weighted by Gasteiger charge is -2.24. The van der Waals surface area contributed by atoms with Gasteiger partial charge in [0.25, 0.3) is 5.91 Å². The van der Waals surface area contributed by atoms with Crippen LogP contribution in [-0.2, 0) is 0 Å². The first-order valence-electron chi connectivity index (χ1n) is 4.88. The molecule has 0 radical (unpaired) electrons. The number of aromatic hydroxyl groups is 2. The first-order valence-corrected chi connectivity index (χ1v) is 5.29. The van der Waals surface area contributed by atoms with Crippen molar-refractivity contribution in [3.05, 3.63) is 23.8 Å². The van der Waals surface area contributed by atoms with E-state index >= 15 is 0 Å². The first kappa shape index (κ1) is 13.2. The van der Waals surface area contributed by atoms with Crippen LogP contribution in [0.25, 0.3) is 0 Å². The second kappa shape index (κ2) is 4.58. The maximum absolute atomic E-state index is 11.8. The molecule has 0 saturated heterocycles. The molecule has 1 aromatic rings. The van der Waals surface area contributed by atoms with Gasteiger partial charge >= 0.3 is 0 Å². The van der Waals surface area contributed by atoms with E-state index < -0.39 is 11.4 Å². The molecule has 0 heterocycles. The molecule has 0 saturated carbocycles. The summed E-state index contributed by atoms with van der Waals surface area (Å²) in [6.07, 6.45) is 0. The number of carbonyl (C=O) groups is 1. The second-order valence-electron chi connectivity index (χ2n) is 4.15. The van der Waals surface area contributed by atoms with Crippen LogP contribution in [0.15, 0.2) is 18.2 Å². The van der Waals surface area contributed by atoms with Crippen LogP contribution in [0, 0.1) is 0 Å². The van der Waals surface area contributed by atoms with E-state index in [2.05, 4.69) is 5.32 Å². The van der Waals surface area contributed by atoms with Gasteiger partial charge < -0.3 is 21.3 Å². The Morgan fingerprint density at radius 1 is 1.35 bits per heavy atom. The van der Waals surface area contributed by atoms with Gasteiger partial charge in [-0.25, -0.2) is 0 Å². The van der Waals surface area contributed by atoms with Crippen molar-refractivity contribution in [1.82, 2.24) is 5.32 Å². The number of carbonyl (C=O) groups excluding carboxylic acids is 1. The van der Waals surface area contributed by atoms with Gasteiger partial charge in [0.05, 0.1) is 10.5 Å². The van der Waals surface area contributed by atoms with Crippen LogP contribution in [0.1, 0.15) is 24.2 Å². The molecule has 1 rings (SSSR count). The number of benzene rings is 1. The predicted molar refractivity (Wildman–Crippen MR) is 68.1 cm³/mol. The predicted octanol–water partition coefficient (Wildman–Crippen LogP) is 0.892. The molecule has 0 spiro atoms. The molecule has 0 aliphatic rings. The van der Waals surface area contributed by atoms with Gasteiger partial charge in [-0.05, 0) is 32.0 Å². The number of nitrogens with two attached hydrogens (primary N) is 1. The fraction of sp³-hybridized carbons (Fsp3) is 0.273. The Labute approximate surface area is 104 Å². The highest BCUT2D eigenvalue weighted by Gasteiger charge is 2.24. The summed E-state index contributed by atoms with van der Waals surface area (Å²) in [4.78, 5) is 12.0. The number of amides is 1. The molecule has 0 fully saturated rings. The quantitative estimate of drug-likeness (QED) is 0.474. The minimum atomic E-state index is -0.820. The van der Waals surface area contributed by atoms with Crippen molar-refractivity contribution < 1.29 is 15.0 Å². The summed E-state index contributed by atoms with van der Waals surface area (Å²) in [5.41, 5.74) is 4.87. The number of thiocarbonyl (C=S) groups is 1. The second-order valence-corrected chi connectivity index (χ2v) is 4.59. The summed E-state index contributed by atoms with van der Waals surface area (Å²) in [5.74, 6) is -1.07. The zero-order valence-corrected chi connectivity index (χ0v) is 10.3. The normalized spacial score (nSPS) is 10.9. The zero-order valence-electron chi connectivity index (χ0n) is 9.52. The van der Waals surface area contributed by atoms with E-state index in [0.29, 0.717) is 0 Å². The van der Waals surface area contributed by atoms with Crippen molar-refractivity contribution in [2.75, 3.05) is 0 Å². The average molecular weight is 254 g/mol. The summed E-state index contributed by atoms with van der Waals surface area (Å²) >= 11 is 4.82. The number of nitrogens with one attached hydrogen (secondary N) is 1. The van der Waals surface area contributed by atoms with Gasteiger partial charge in [-0.3, -0.25) is 4.79 Å². The van der Waals surface area contributed by atoms with Crippen molar-refractivity contribution in [2.24, 2.45) is 5.73 Å². The lowest BCUT2D eigenvalue weighted by atomic mass is 10.0. The standard InChI is InChI=1S/C11H14N2O3S/c1-11(2,10(12)17)13-9(16)6-3-4-7(14)8(15)5-6/h3-5,14-15H,1-2H3,(H2,12,17)(H,13,16). The summed E-state index contributed by atoms with van der Waals surface area (Å²) in [6, 6.07) is 3.79. The smallest absolute Gasteiger partial charge is 0.252 e.